The van der Waals surface area contributed by atoms with Crippen LogP contribution < -0.4 is 14.8 Å². The van der Waals surface area contributed by atoms with E-state index in [1.165, 1.54) is 18.2 Å². The SMILES string of the molecule is COc1ccc(C=CC(=O)Nc2ccccc2C(=O)O)cc1OCc1c(C)noc1C. The molecule has 0 bridgehead atoms. The fourth-order valence-corrected chi connectivity index (χ4v) is 2.89. The molecule has 1 heterocycles. The zero-order valence-corrected chi connectivity index (χ0v) is 17.3. The smallest absolute Gasteiger partial charge is 0.337 e. The predicted molar refractivity (Wildman–Crippen MR) is 114 cm³/mol. The number of rotatable bonds is 8. The summed E-state index contributed by atoms with van der Waals surface area (Å²) in [7, 11) is 1.54. The molecule has 0 unspecified atom stereocenters. The fraction of sp³-hybridized carbons (Fsp3) is 0.174. The van der Waals surface area contributed by atoms with E-state index >= 15 is 0 Å². The molecule has 1 aromatic heterocycles. The zero-order valence-electron chi connectivity index (χ0n) is 17.3. The summed E-state index contributed by atoms with van der Waals surface area (Å²) in [4.78, 5) is 23.5. The predicted octanol–water partition coefficient (Wildman–Crippen LogP) is 4.23. The zero-order chi connectivity index (χ0) is 22.4. The number of aromatic nitrogens is 1. The highest BCUT2D eigenvalue weighted by molar-refractivity contribution is 6.06. The van der Waals surface area contributed by atoms with Crippen molar-refractivity contribution in [1.29, 1.82) is 0 Å². The van der Waals surface area contributed by atoms with Crippen LogP contribution in [-0.4, -0.2) is 29.2 Å². The van der Waals surface area contributed by atoms with E-state index in [1.54, 1.807) is 43.5 Å². The lowest BCUT2D eigenvalue weighted by molar-refractivity contribution is -0.111. The third kappa shape index (κ3) is 5.30. The lowest BCUT2D eigenvalue weighted by Gasteiger charge is -2.11. The number of hydrogen-bond donors (Lipinski definition) is 2. The number of hydrogen-bond acceptors (Lipinski definition) is 6. The van der Waals surface area contributed by atoms with E-state index in [0.29, 0.717) is 22.8 Å². The van der Waals surface area contributed by atoms with Crippen LogP contribution in [0, 0.1) is 13.8 Å². The number of carboxylic acid groups (broad SMARTS) is 1. The molecular weight excluding hydrogens is 400 g/mol. The Labute approximate surface area is 179 Å². The summed E-state index contributed by atoms with van der Waals surface area (Å²) in [6.07, 6.45) is 2.92. The molecule has 3 rings (SSSR count). The van der Waals surface area contributed by atoms with Crippen molar-refractivity contribution >= 4 is 23.6 Å². The van der Waals surface area contributed by atoms with Crippen LogP contribution in [0.25, 0.3) is 6.08 Å². The van der Waals surface area contributed by atoms with Gasteiger partial charge in [-0.1, -0.05) is 23.4 Å². The van der Waals surface area contributed by atoms with E-state index in [1.807, 2.05) is 13.8 Å². The van der Waals surface area contributed by atoms with Gasteiger partial charge in [0.25, 0.3) is 0 Å². The van der Waals surface area contributed by atoms with Crippen LogP contribution >= 0.6 is 0 Å². The number of carbonyl (C=O) groups excluding carboxylic acids is 1. The number of para-hydroxylation sites is 1. The van der Waals surface area contributed by atoms with Crippen LogP contribution in [0.15, 0.2) is 53.1 Å². The molecule has 2 N–H and O–H groups in total. The third-order valence-corrected chi connectivity index (χ3v) is 4.58. The monoisotopic (exact) mass is 422 g/mol. The van der Waals surface area contributed by atoms with E-state index < -0.39 is 11.9 Å². The third-order valence-electron chi connectivity index (χ3n) is 4.58. The molecule has 0 spiro atoms. The van der Waals surface area contributed by atoms with E-state index in [-0.39, 0.29) is 17.9 Å². The topological polar surface area (TPSA) is 111 Å². The normalized spacial score (nSPS) is 10.8. The summed E-state index contributed by atoms with van der Waals surface area (Å²) in [6, 6.07) is 11.5. The van der Waals surface area contributed by atoms with Crippen molar-refractivity contribution in [3.8, 4) is 11.5 Å². The summed E-state index contributed by atoms with van der Waals surface area (Å²) < 4.78 is 16.4. The average Bonchev–Trinajstić information content (AvgIpc) is 3.08. The van der Waals surface area contributed by atoms with Gasteiger partial charge in [0.15, 0.2) is 11.5 Å². The summed E-state index contributed by atoms with van der Waals surface area (Å²) in [5.74, 6) is 0.161. The van der Waals surface area contributed by atoms with Gasteiger partial charge in [-0.15, -0.1) is 0 Å². The summed E-state index contributed by atoms with van der Waals surface area (Å²) in [6.45, 7) is 3.92. The van der Waals surface area contributed by atoms with Gasteiger partial charge in [-0.25, -0.2) is 4.79 Å². The number of ether oxygens (including phenoxy) is 2. The van der Waals surface area contributed by atoms with Gasteiger partial charge >= 0.3 is 5.97 Å². The fourth-order valence-electron chi connectivity index (χ4n) is 2.89. The highest BCUT2D eigenvalue weighted by Crippen LogP contribution is 2.30. The maximum absolute atomic E-state index is 12.3. The van der Waals surface area contributed by atoms with Gasteiger partial charge in [0.05, 0.1) is 29.6 Å². The molecule has 0 radical (unpaired) electrons. The van der Waals surface area contributed by atoms with Crippen LogP contribution in [0.4, 0.5) is 5.69 Å². The number of aromatic carboxylic acids is 1. The van der Waals surface area contributed by atoms with Gasteiger partial charge in [0.1, 0.15) is 12.4 Å². The molecule has 31 heavy (non-hydrogen) atoms. The molecule has 8 heteroatoms. The second kappa shape index (κ2) is 9.62. The van der Waals surface area contributed by atoms with Gasteiger partial charge in [0.2, 0.25) is 5.91 Å². The van der Waals surface area contributed by atoms with E-state index in [2.05, 4.69) is 10.5 Å². The number of anilines is 1. The van der Waals surface area contributed by atoms with Crippen LogP contribution in [0.5, 0.6) is 11.5 Å². The minimum atomic E-state index is -1.12. The lowest BCUT2D eigenvalue weighted by atomic mass is 10.1. The maximum atomic E-state index is 12.3. The van der Waals surface area contributed by atoms with E-state index in [0.717, 1.165) is 11.3 Å². The quantitative estimate of drug-likeness (QED) is 0.523. The molecule has 0 saturated heterocycles. The molecular formula is C23H22N2O6. The number of carbonyl (C=O) groups is 2. The Morgan fingerprint density at radius 3 is 2.61 bits per heavy atom. The molecule has 3 aromatic rings. The summed E-state index contributed by atoms with van der Waals surface area (Å²) in [5.41, 5.74) is 2.56. The molecule has 0 saturated carbocycles. The summed E-state index contributed by atoms with van der Waals surface area (Å²) in [5, 5.41) is 15.7. The first kappa shape index (κ1) is 21.6. The molecule has 2 aromatic carbocycles. The second-order valence-electron chi connectivity index (χ2n) is 6.68. The van der Waals surface area contributed by atoms with Crippen LogP contribution in [-0.2, 0) is 11.4 Å². The average molecular weight is 422 g/mol. The largest absolute Gasteiger partial charge is 0.493 e. The minimum Gasteiger partial charge on any atom is -0.493 e. The minimum absolute atomic E-state index is 0.0173. The first-order valence-corrected chi connectivity index (χ1v) is 9.43. The number of aryl methyl sites for hydroxylation is 2. The second-order valence-corrected chi connectivity index (χ2v) is 6.68. The molecule has 0 fully saturated rings. The Morgan fingerprint density at radius 2 is 1.94 bits per heavy atom. The highest BCUT2D eigenvalue weighted by Gasteiger charge is 2.13. The number of carboxylic acids is 1. The Bertz CT molecular complexity index is 1110. The summed E-state index contributed by atoms with van der Waals surface area (Å²) >= 11 is 0. The molecule has 0 aliphatic heterocycles. The highest BCUT2D eigenvalue weighted by atomic mass is 16.5. The standard InChI is InChI=1S/C23H22N2O6/c1-14-18(15(2)31-25-14)13-30-21-12-16(8-10-20(21)29-3)9-11-22(26)24-19-7-5-4-6-17(19)23(27)28/h4-12H,13H2,1-3H3,(H,24,26)(H,27,28). The van der Waals surface area contributed by atoms with Gasteiger partial charge in [0, 0.05) is 6.08 Å². The van der Waals surface area contributed by atoms with Crippen molar-refractivity contribution < 1.29 is 28.7 Å². The van der Waals surface area contributed by atoms with Crippen LogP contribution in [0.2, 0.25) is 0 Å². The molecule has 1 amide bonds. The Hall–Kier alpha value is -4.07. The number of amides is 1. The van der Waals surface area contributed by atoms with E-state index in [4.69, 9.17) is 14.0 Å². The molecule has 0 aliphatic carbocycles. The van der Waals surface area contributed by atoms with Crippen molar-refractivity contribution in [3.05, 3.63) is 76.7 Å². The lowest BCUT2D eigenvalue weighted by Crippen LogP contribution is -2.11. The molecule has 8 nitrogen and oxygen atoms in total. The number of methoxy groups -OCH3 is 1. The Kier molecular flexibility index (Phi) is 6.71. The van der Waals surface area contributed by atoms with Gasteiger partial charge in [-0.2, -0.15) is 0 Å². The number of nitrogens with one attached hydrogen (secondary N) is 1. The van der Waals surface area contributed by atoms with Crippen molar-refractivity contribution in [2.45, 2.75) is 20.5 Å². The van der Waals surface area contributed by atoms with Crippen molar-refractivity contribution in [1.82, 2.24) is 5.16 Å². The van der Waals surface area contributed by atoms with Crippen LogP contribution in [0.1, 0.15) is 32.9 Å². The van der Waals surface area contributed by atoms with Crippen molar-refractivity contribution in [2.75, 3.05) is 12.4 Å². The van der Waals surface area contributed by atoms with Crippen molar-refractivity contribution in [2.24, 2.45) is 0 Å². The Morgan fingerprint density at radius 1 is 1.16 bits per heavy atom. The first-order valence-electron chi connectivity index (χ1n) is 9.43. The number of benzene rings is 2. The van der Waals surface area contributed by atoms with Gasteiger partial charge in [-0.05, 0) is 49.8 Å². The molecule has 160 valence electrons. The van der Waals surface area contributed by atoms with E-state index in [9.17, 15) is 14.7 Å². The Balaban J connectivity index is 1.73. The van der Waals surface area contributed by atoms with Gasteiger partial charge < -0.3 is 24.4 Å². The number of nitrogens with zero attached hydrogens (tertiary/aromatic N) is 1. The first-order chi connectivity index (χ1) is 14.9. The van der Waals surface area contributed by atoms with Crippen molar-refractivity contribution in [3.63, 3.8) is 0 Å². The molecule has 0 atom stereocenters. The van der Waals surface area contributed by atoms with Gasteiger partial charge in [-0.3, -0.25) is 4.79 Å². The van der Waals surface area contributed by atoms with Crippen LogP contribution in [0.3, 0.4) is 0 Å². The molecule has 0 aliphatic rings. The maximum Gasteiger partial charge on any atom is 0.337 e.